The highest BCUT2D eigenvalue weighted by Gasteiger charge is 2.37. The highest BCUT2D eigenvalue weighted by molar-refractivity contribution is 6.30. The topological polar surface area (TPSA) is 21.8 Å². The average Bonchev–Trinajstić information content (AvgIpc) is 2.72. The number of nitrogens with zero attached hydrogens (tertiary/aromatic N) is 1. The second kappa shape index (κ2) is 9.06. The zero-order chi connectivity index (χ0) is 19.3. The molecule has 0 spiro atoms. The molecule has 1 aromatic heterocycles. The van der Waals surface area contributed by atoms with Crippen molar-refractivity contribution in [1.82, 2.24) is 4.98 Å². The van der Waals surface area contributed by atoms with Gasteiger partial charge >= 0.3 is 0 Å². The molecule has 3 nitrogen and oxygen atoms in total. The molecule has 4 rings (SSSR count). The van der Waals surface area contributed by atoms with Gasteiger partial charge in [0.05, 0.1) is 18.7 Å². The molecular weight excluding hydrogens is 389 g/mol. The van der Waals surface area contributed by atoms with Crippen molar-refractivity contribution >= 4 is 23.2 Å². The van der Waals surface area contributed by atoms with Crippen molar-refractivity contribution < 1.29 is 9.80 Å². The van der Waals surface area contributed by atoms with Crippen molar-refractivity contribution in [2.24, 2.45) is 0 Å². The van der Waals surface area contributed by atoms with E-state index in [2.05, 4.69) is 35.3 Å². The van der Waals surface area contributed by atoms with E-state index in [0.717, 1.165) is 36.2 Å². The summed E-state index contributed by atoms with van der Waals surface area (Å²) < 4.78 is 0. The first kappa shape index (κ1) is 19.4. The number of quaternary nitrogens is 2. The molecule has 5 heteroatoms. The van der Waals surface area contributed by atoms with E-state index in [-0.39, 0.29) is 0 Å². The largest absolute Gasteiger partial charge is 0.278 e. The maximum absolute atomic E-state index is 6.07. The van der Waals surface area contributed by atoms with Crippen molar-refractivity contribution in [3.05, 3.63) is 99.8 Å². The van der Waals surface area contributed by atoms with Crippen LogP contribution < -0.4 is 9.80 Å². The van der Waals surface area contributed by atoms with Crippen molar-refractivity contribution in [3.8, 4) is 0 Å². The summed E-state index contributed by atoms with van der Waals surface area (Å²) in [5.41, 5.74) is 3.94. The standard InChI is InChI=1S/C23H23Cl2N3/c24-21-8-4-18(5-9-21)16-27-13-2-14-28(17-19-6-10-22(25)11-7-19)23(27)20-3-1-12-26-15-20/h1,3-12,15,23H,2,13-14,16-17H2/p+2. The Kier molecular flexibility index (Phi) is 6.28. The maximum atomic E-state index is 6.07. The molecule has 2 N–H and O–H groups in total. The summed E-state index contributed by atoms with van der Waals surface area (Å²) in [5, 5.41) is 1.58. The monoisotopic (exact) mass is 413 g/mol. The third kappa shape index (κ3) is 4.73. The van der Waals surface area contributed by atoms with Crippen molar-refractivity contribution in [2.45, 2.75) is 25.7 Å². The third-order valence-corrected chi connectivity index (χ3v) is 6.02. The number of nitrogens with one attached hydrogen (secondary N) is 2. The molecule has 1 aliphatic rings. The summed E-state index contributed by atoms with van der Waals surface area (Å²) in [6.07, 6.45) is 5.45. The summed E-state index contributed by atoms with van der Waals surface area (Å²) in [7, 11) is 0. The molecule has 2 heterocycles. The van der Waals surface area contributed by atoms with Gasteiger partial charge in [-0.05, 0) is 36.4 Å². The Labute approximate surface area is 176 Å². The van der Waals surface area contributed by atoms with Crippen LogP contribution in [0.2, 0.25) is 10.0 Å². The molecule has 2 aromatic carbocycles. The van der Waals surface area contributed by atoms with Gasteiger partial charge in [0.2, 0.25) is 6.17 Å². The van der Waals surface area contributed by atoms with Crippen LogP contribution in [0.1, 0.15) is 29.3 Å². The van der Waals surface area contributed by atoms with Gasteiger partial charge in [-0.15, -0.1) is 0 Å². The first-order valence-electron chi connectivity index (χ1n) is 9.77. The van der Waals surface area contributed by atoms with Gasteiger partial charge in [0.25, 0.3) is 0 Å². The Morgan fingerprint density at radius 3 is 1.79 bits per heavy atom. The predicted octanol–water partition coefficient (Wildman–Crippen LogP) is 2.96. The lowest BCUT2D eigenvalue weighted by atomic mass is 10.1. The molecule has 0 aliphatic carbocycles. The molecule has 0 amide bonds. The minimum Gasteiger partial charge on any atom is -0.278 e. The fourth-order valence-corrected chi connectivity index (χ4v) is 4.50. The van der Waals surface area contributed by atoms with Gasteiger partial charge in [0.15, 0.2) is 0 Å². The molecule has 2 unspecified atom stereocenters. The number of benzene rings is 2. The highest BCUT2D eigenvalue weighted by atomic mass is 35.5. The second-order valence-electron chi connectivity index (χ2n) is 7.50. The SMILES string of the molecule is Clc1ccc(C[NH+]2CCC[NH+](Cc3ccc(Cl)cc3)C2c2cccnc2)cc1. The van der Waals surface area contributed by atoms with Gasteiger partial charge in [-0.3, -0.25) is 14.8 Å². The number of hydrogen-bond donors (Lipinski definition) is 2. The smallest absolute Gasteiger partial charge is 0.242 e. The van der Waals surface area contributed by atoms with Crippen LogP contribution >= 0.6 is 23.2 Å². The molecule has 1 fully saturated rings. The zero-order valence-electron chi connectivity index (χ0n) is 15.7. The quantitative estimate of drug-likeness (QED) is 0.659. The molecule has 2 atom stereocenters. The van der Waals surface area contributed by atoms with Gasteiger partial charge in [-0.25, -0.2) is 0 Å². The van der Waals surface area contributed by atoms with Gasteiger partial charge < -0.3 is 0 Å². The van der Waals surface area contributed by atoms with Crippen molar-refractivity contribution in [3.63, 3.8) is 0 Å². The number of rotatable bonds is 5. The van der Waals surface area contributed by atoms with E-state index in [9.17, 15) is 0 Å². The summed E-state index contributed by atoms with van der Waals surface area (Å²) in [6.45, 7) is 4.29. The van der Waals surface area contributed by atoms with Crippen LogP contribution in [-0.2, 0) is 13.1 Å². The van der Waals surface area contributed by atoms with Crippen molar-refractivity contribution in [1.29, 1.82) is 0 Å². The minimum atomic E-state index is 0.355. The fourth-order valence-electron chi connectivity index (χ4n) is 4.25. The van der Waals surface area contributed by atoms with Crippen LogP contribution in [0.15, 0.2) is 73.1 Å². The summed E-state index contributed by atoms with van der Waals surface area (Å²) in [5.74, 6) is 0. The summed E-state index contributed by atoms with van der Waals surface area (Å²) >= 11 is 12.1. The lowest BCUT2D eigenvalue weighted by molar-refractivity contribution is -1.16. The molecule has 144 valence electrons. The minimum absolute atomic E-state index is 0.355. The van der Waals surface area contributed by atoms with Gasteiger partial charge in [-0.2, -0.15) is 0 Å². The van der Waals surface area contributed by atoms with E-state index in [4.69, 9.17) is 23.2 Å². The fraction of sp³-hybridized carbons (Fsp3) is 0.261. The third-order valence-electron chi connectivity index (χ3n) is 5.52. The Bertz CT molecular complexity index is 826. The molecule has 0 bridgehead atoms. The lowest BCUT2D eigenvalue weighted by Crippen LogP contribution is -3.32. The summed E-state index contributed by atoms with van der Waals surface area (Å²) in [4.78, 5) is 7.55. The lowest BCUT2D eigenvalue weighted by Gasteiger charge is -2.38. The van der Waals surface area contributed by atoms with E-state index < -0.39 is 0 Å². The molecule has 1 saturated heterocycles. The van der Waals surface area contributed by atoms with Crippen molar-refractivity contribution in [2.75, 3.05) is 13.1 Å². The van der Waals surface area contributed by atoms with Crippen LogP contribution in [0.3, 0.4) is 0 Å². The number of aromatic nitrogens is 1. The zero-order valence-corrected chi connectivity index (χ0v) is 17.3. The Morgan fingerprint density at radius 2 is 1.32 bits per heavy atom. The summed E-state index contributed by atoms with van der Waals surface area (Å²) in [6, 6.07) is 20.8. The van der Waals surface area contributed by atoms with Crippen LogP contribution in [0.4, 0.5) is 0 Å². The normalized spacial score (nSPS) is 22.1. The van der Waals surface area contributed by atoms with Crippen LogP contribution in [0.25, 0.3) is 0 Å². The second-order valence-corrected chi connectivity index (χ2v) is 8.37. The Balaban J connectivity index is 1.60. The Hall–Kier alpha value is -1.91. The van der Waals surface area contributed by atoms with Gasteiger partial charge in [0.1, 0.15) is 13.1 Å². The molecule has 28 heavy (non-hydrogen) atoms. The predicted molar refractivity (Wildman–Crippen MR) is 114 cm³/mol. The van der Waals surface area contributed by atoms with E-state index in [1.165, 1.54) is 23.1 Å². The van der Waals surface area contributed by atoms with Gasteiger partial charge in [0, 0.05) is 40.0 Å². The van der Waals surface area contributed by atoms with Gasteiger partial charge in [-0.1, -0.05) is 47.5 Å². The molecule has 3 aromatic rings. The molecule has 0 saturated carbocycles. The van der Waals surface area contributed by atoms with Crippen LogP contribution in [-0.4, -0.2) is 18.1 Å². The van der Waals surface area contributed by atoms with E-state index in [1.54, 1.807) is 9.80 Å². The van der Waals surface area contributed by atoms with Crippen LogP contribution in [0.5, 0.6) is 0 Å². The molecular formula is C23H25Cl2N3+2. The number of halogens is 2. The highest BCUT2D eigenvalue weighted by Crippen LogP contribution is 2.12. The first-order chi connectivity index (χ1) is 13.7. The number of hydrogen-bond acceptors (Lipinski definition) is 1. The number of pyridine rings is 1. The Morgan fingerprint density at radius 1 is 0.786 bits per heavy atom. The van der Waals surface area contributed by atoms with E-state index in [0.29, 0.717) is 6.17 Å². The first-order valence-corrected chi connectivity index (χ1v) is 10.5. The molecule has 0 radical (unpaired) electrons. The molecule has 1 aliphatic heterocycles. The average molecular weight is 414 g/mol. The van der Waals surface area contributed by atoms with E-state index >= 15 is 0 Å². The van der Waals surface area contributed by atoms with E-state index in [1.807, 2.05) is 42.7 Å². The maximum Gasteiger partial charge on any atom is 0.242 e. The van der Waals surface area contributed by atoms with Crippen LogP contribution in [0, 0.1) is 0 Å².